The summed E-state index contributed by atoms with van der Waals surface area (Å²) in [7, 11) is 0. The van der Waals surface area contributed by atoms with Crippen molar-refractivity contribution in [2.24, 2.45) is 5.92 Å². The Morgan fingerprint density at radius 1 is 1.29 bits per heavy atom. The first-order valence-corrected chi connectivity index (χ1v) is 5.16. The van der Waals surface area contributed by atoms with Crippen LogP contribution in [0.3, 0.4) is 0 Å². The van der Waals surface area contributed by atoms with Gasteiger partial charge in [0.25, 0.3) is 0 Å². The lowest BCUT2D eigenvalue weighted by molar-refractivity contribution is 0.158. The van der Waals surface area contributed by atoms with Crippen LogP contribution in [0, 0.1) is 11.7 Å². The number of hydrogen-bond acceptors (Lipinski definition) is 1. The van der Waals surface area contributed by atoms with Gasteiger partial charge in [0.2, 0.25) is 0 Å². The lowest BCUT2D eigenvalue weighted by atomic mass is 10.0. The molecule has 0 heterocycles. The number of rotatable bonds is 4. The highest BCUT2D eigenvalue weighted by atomic mass is 19.1. The van der Waals surface area contributed by atoms with Crippen molar-refractivity contribution in [3.8, 4) is 0 Å². The molecule has 0 saturated heterocycles. The van der Waals surface area contributed by atoms with Crippen LogP contribution in [0.4, 0.5) is 4.39 Å². The summed E-state index contributed by atoms with van der Waals surface area (Å²) in [6.07, 6.45) is 3.82. The minimum absolute atomic E-state index is 0.217. The fourth-order valence-electron chi connectivity index (χ4n) is 1.71. The van der Waals surface area contributed by atoms with Crippen molar-refractivity contribution in [2.75, 3.05) is 0 Å². The molecule has 1 aliphatic rings. The second kappa shape index (κ2) is 4.09. The average molecular weight is 194 g/mol. The van der Waals surface area contributed by atoms with E-state index in [4.69, 9.17) is 0 Å². The van der Waals surface area contributed by atoms with Crippen molar-refractivity contribution in [2.45, 2.75) is 31.8 Å². The van der Waals surface area contributed by atoms with Crippen LogP contribution in [0.25, 0.3) is 0 Å². The molecule has 76 valence electrons. The normalized spacial score (nSPS) is 18.1. The molecule has 1 atom stereocenters. The highest BCUT2D eigenvalue weighted by Crippen LogP contribution is 2.34. The van der Waals surface area contributed by atoms with Gasteiger partial charge in [-0.05, 0) is 36.5 Å². The first-order valence-electron chi connectivity index (χ1n) is 5.16. The van der Waals surface area contributed by atoms with E-state index in [0.717, 1.165) is 17.9 Å². The van der Waals surface area contributed by atoms with Gasteiger partial charge in [-0.2, -0.15) is 0 Å². The van der Waals surface area contributed by atoms with E-state index in [1.165, 1.54) is 25.0 Å². The Kier molecular flexibility index (Phi) is 2.82. The second-order valence-corrected chi connectivity index (χ2v) is 4.16. The molecule has 1 fully saturated rings. The molecule has 0 aliphatic heterocycles. The van der Waals surface area contributed by atoms with E-state index in [1.54, 1.807) is 12.1 Å². The molecular formula is C12H15FO. The Balaban J connectivity index is 1.85. The summed E-state index contributed by atoms with van der Waals surface area (Å²) in [5.74, 6) is 0.524. The molecule has 0 bridgehead atoms. The van der Waals surface area contributed by atoms with E-state index in [2.05, 4.69) is 0 Å². The first-order chi connectivity index (χ1) is 6.74. The van der Waals surface area contributed by atoms with Crippen LogP contribution < -0.4 is 0 Å². The molecule has 2 rings (SSSR count). The summed E-state index contributed by atoms with van der Waals surface area (Å²) in [5.41, 5.74) is 1.01. The molecule has 2 heteroatoms. The third-order valence-corrected chi connectivity index (χ3v) is 2.69. The number of halogens is 1. The Morgan fingerprint density at radius 2 is 1.93 bits per heavy atom. The van der Waals surface area contributed by atoms with E-state index < -0.39 is 0 Å². The smallest absolute Gasteiger partial charge is 0.123 e. The van der Waals surface area contributed by atoms with Crippen molar-refractivity contribution in [3.63, 3.8) is 0 Å². The second-order valence-electron chi connectivity index (χ2n) is 4.16. The standard InChI is InChI=1S/C12H15FO/c13-11-5-3-10(4-6-11)8-12(14)7-9-1-2-9/h3-6,9,12,14H,1-2,7-8H2. The van der Waals surface area contributed by atoms with Gasteiger partial charge in [0.15, 0.2) is 0 Å². The maximum atomic E-state index is 12.6. The Bertz CT molecular complexity index is 290. The molecule has 0 amide bonds. The maximum absolute atomic E-state index is 12.6. The maximum Gasteiger partial charge on any atom is 0.123 e. The Labute approximate surface area is 83.6 Å². The molecule has 1 aliphatic carbocycles. The highest BCUT2D eigenvalue weighted by molar-refractivity contribution is 5.16. The summed E-state index contributed by atoms with van der Waals surface area (Å²) in [5, 5.41) is 9.69. The van der Waals surface area contributed by atoms with Gasteiger partial charge in [-0.3, -0.25) is 0 Å². The van der Waals surface area contributed by atoms with Crippen LogP contribution in [0.1, 0.15) is 24.8 Å². The lowest BCUT2D eigenvalue weighted by Gasteiger charge is -2.09. The number of hydrogen-bond donors (Lipinski definition) is 1. The summed E-state index contributed by atoms with van der Waals surface area (Å²) in [6.45, 7) is 0. The first kappa shape index (κ1) is 9.66. The molecule has 14 heavy (non-hydrogen) atoms. The van der Waals surface area contributed by atoms with Gasteiger partial charge in [-0.25, -0.2) is 4.39 Å². The number of benzene rings is 1. The van der Waals surface area contributed by atoms with Crippen LogP contribution in [-0.4, -0.2) is 11.2 Å². The minimum atomic E-state index is -0.257. The van der Waals surface area contributed by atoms with Crippen molar-refractivity contribution in [1.82, 2.24) is 0 Å². The molecule has 1 saturated carbocycles. The van der Waals surface area contributed by atoms with Crippen LogP contribution >= 0.6 is 0 Å². The van der Waals surface area contributed by atoms with Crippen LogP contribution in [0.2, 0.25) is 0 Å². The van der Waals surface area contributed by atoms with Crippen LogP contribution in [0.5, 0.6) is 0 Å². The van der Waals surface area contributed by atoms with Crippen molar-refractivity contribution in [1.29, 1.82) is 0 Å². The summed E-state index contributed by atoms with van der Waals surface area (Å²) >= 11 is 0. The zero-order valence-corrected chi connectivity index (χ0v) is 8.12. The van der Waals surface area contributed by atoms with E-state index in [0.29, 0.717) is 6.42 Å². The molecule has 0 aromatic heterocycles. The van der Waals surface area contributed by atoms with Crippen LogP contribution in [0.15, 0.2) is 24.3 Å². The molecule has 0 radical (unpaired) electrons. The summed E-state index contributed by atoms with van der Waals surface area (Å²) in [4.78, 5) is 0. The number of aliphatic hydroxyl groups excluding tert-OH is 1. The molecule has 1 unspecified atom stereocenters. The monoisotopic (exact) mass is 194 g/mol. The van der Waals surface area contributed by atoms with Gasteiger partial charge < -0.3 is 5.11 Å². The number of aliphatic hydroxyl groups is 1. The Hall–Kier alpha value is -0.890. The molecule has 1 N–H and O–H groups in total. The lowest BCUT2D eigenvalue weighted by Crippen LogP contribution is -2.11. The van der Waals surface area contributed by atoms with E-state index in [1.807, 2.05) is 0 Å². The predicted octanol–water partition coefficient (Wildman–Crippen LogP) is 2.53. The van der Waals surface area contributed by atoms with E-state index in [-0.39, 0.29) is 11.9 Å². The molecular weight excluding hydrogens is 179 g/mol. The van der Waals surface area contributed by atoms with Crippen molar-refractivity contribution in [3.05, 3.63) is 35.6 Å². The molecule has 1 nitrogen and oxygen atoms in total. The third kappa shape index (κ3) is 2.81. The van der Waals surface area contributed by atoms with Gasteiger partial charge in [-0.15, -0.1) is 0 Å². The highest BCUT2D eigenvalue weighted by Gasteiger charge is 2.24. The zero-order valence-electron chi connectivity index (χ0n) is 8.12. The van der Waals surface area contributed by atoms with Gasteiger partial charge in [0.05, 0.1) is 6.10 Å². The van der Waals surface area contributed by atoms with Gasteiger partial charge in [0.1, 0.15) is 5.82 Å². The molecule has 1 aromatic carbocycles. The van der Waals surface area contributed by atoms with Gasteiger partial charge >= 0.3 is 0 Å². The largest absolute Gasteiger partial charge is 0.393 e. The van der Waals surface area contributed by atoms with E-state index in [9.17, 15) is 9.50 Å². The predicted molar refractivity (Wildman–Crippen MR) is 53.5 cm³/mol. The SMILES string of the molecule is OC(Cc1ccc(F)cc1)CC1CC1. The van der Waals surface area contributed by atoms with Crippen molar-refractivity contribution >= 4 is 0 Å². The fourth-order valence-corrected chi connectivity index (χ4v) is 1.71. The Morgan fingerprint density at radius 3 is 2.50 bits per heavy atom. The zero-order chi connectivity index (χ0) is 9.97. The fraction of sp³-hybridized carbons (Fsp3) is 0.500. The minimum Gasteiger partial charge on any atom is -0.393 e. The average Bonchev–Trinajstić information content (AvgIpc) is 2.93. The van der Waals surface area contributed by atoms with Crippen molar-refractivity contribution < 1.29 is 9.50 Å². The van der Waals surface area contributed by atoms with Crippen LogP contribution in [-0.2, 0) is 6.42 Å². The summed E-state index contributed by atoms with van der Waals surface area (Å²) < 4.78 is 12.6. The topological polar surface area (TPSA) is 20.2 Å². The van der Waals surface area contributed by atoms with Gasteiger partial charge in [-0.1, -0.05) is 25.0 Å². The quantitative estimate of drug-likeness (QED) is 0.781. The summed E-state index contributed by atoms with van der Waals surface area (Å²) in [6, 6.07) is 6.37. The van der Waals surface area contributed by atoms with E-state index >= 15 is 0 Å². The van der Waals surface area contributed by atoms with Gasteiger partial charge in [0, 0.05) is 0 Å². The molecule has 0 spiro atoms. The third-order valence-electron chi connectivity index (χ3n) is 2.69. The molecule has 1 aromatic rings.